The predicted octanol–water partition coefficient (Wildman–Crippen LogP) is 2.01. The van der Waals surface area contributed by atoms with Crippen LogP contribution in [0.3, 0.4) is 0 Å². The van der Waals surface area contributed by atoms with Gasteiger partial charge in [0.15, 0.2) is 0 Å². The highest BCUT2D eigenvalue weighted by molar-refractivity contribution is 7.92. The summed E-state index contributed by atoms with van der Waals surface area (Å²) in [5.74, 6) is -1.04. The zero-order valence-corrected chi connectivity index (χ0v) is 12.9. The van der Waals surface area contributed by atoms with Crippen molar-refractivity contribution in [2.24, 2.45) is 0 Å². The molecule has 2 aromatic carbocycles. The Labute approximate surface area is 128 Å². The van der Waals surface area contributed by atoms with Crippen LogP contribution in [0.5, 0.6) is 0 Å². The van der Waals surface area contributed by atoms with Crippen LogP contribution in [-0.2, 0) is 10.0 Å². The number of sulfonamides is 1. The Morgan fingerprint density at radius 3 is 2.45 bits per heavy atom. The zero-order valence-electron chi connectivity index (χ0n) is 12.1. The number of carbonyl (C=O) groups excluding carboxylic acids is 1. The lowest BCUT2D eigenvalue weighted by molar-refractivity contribution is 0.0963. The van der Waals surface area contributed by atoms with E-state index in [9.17, 15) is 17.6 Å². The summed E-state index contributed by atoms with van der Waals surface area (Å²) in [7, 11) is -1.25. The number of anilines is 1. The summed E-state index contributed by atoms with van der Waals surface area (Å²) in [6.45, 7) is 0. The van der Waals surface area contributed by atoms with Crippen LogP contribution in [0.4, 0.5) is 10.1 Å². The smallest absolute Gasteiger partial charge is 0.264 e. The molecule has 116 valence electrons. The average Bonchev–Trinajstić information content (AvgIpc) is 2.54. The summed E-state index contributed by atoms with van der Waals surface area (Å²) < 4.78 is 39.8. The van der Waals surface area contributed by atoms with E-state index in [-0.39, 0.29) is 16.1 Å². The number of amides is 1. The highest BCUT2D eigenvalue weighted by Gasteiger charge is 2.24. The third-order valence-corrected chi connectivity index (χ3v) is 4.94. The fourth-order valence-electron chi connectivity index (χ4n) is 1.94. The van der Waals surface area contributed by atoms with E-state index in [2.05, 4.69) is 5.32 Å². The molecule has 0 aliphatic carbocycles. The lowest BCUT2D eigenvalue weighted by atomic mass is 10.2. The number of nitrogens with one attached hydrogen (secondary N) is 1. The Hall–Kier alpha value is -2.41. The third kappa shape index (κ3) is 2.94. The second-order valence-corrected chi connectivity index (χ2v) is 6.50. The largest absolute Gasteiger partial charge is 0.355 e. The normalized spacial score (nSPS) is 11.0. The van der Waals surface area contributed by atoms with Crippen LogP contribution >= 0.6 is 0 Å². The fraction of sp³-hybridized carbons (Fsp3) is 0.133. The van der Waals surface area contributed by atoms with Gasteiger partial charge in [0.1, 0.15) is 5.82 Å². The number of hydrogen-bond donors (Lipinski definition) is 1. The Morgan fingerprint density at radius 1 is 1.14 bits per heavy atom. The van der Waals surface area contributed by atoms with Crippen molar-refractivity contribution in [1.82, 2.24) is 5.32 Å². The SMILES string of the molecule is CNC(=O)c1cccc(S(=O)(=O)N(C)c2ccccc2F)c1. The standard InChI is InChI=1S/C15H15FN2O3S/c1-17-15(19)11-6-5-7-12(10-11)22(20,21)18(2)14-9-4-3-8-13(14)16/h3-10H,1-2H3,(H,17,19). The molecule has 2 rings (SSSR count). The van der Waals surface area contributed by atoms with E-state index in [0.29, 0.717) is 0 Å². The monoisotopic (exact) mass is 322 g/mol. The minimum atomic E-state index is -3.97. The fourth-order valence-corrected chi connectivity index (χ4v) is 3.19. The van der Waals surface area contributed by atoms with Crippen molar-refractivity contribution in [3.63, 3.8) is 0 Å². The molecule has 0 spiro atoms. The maximum Gasteiger partial charge on any atom is 0.264 e. The molecule has 1 N–H and O–H groups in total. The van der Waals surface area contributed by atoms with Gasteiger partial charge >= 0.3 is 0 Å². The first-order valence-corrected chi connectivity index (χ1v) is 7.87. The van der Waals surface area contributed by atoms with Crippen LogP contribution in [0.2, 0.25) is 0 Å². The summed E-state index contributed by atoms with van der Waals surface area (Å²) >= 11 is 0. The number of benzene rings is 2. The average molecular weight is 322 g/mol. The van der Waals surface area contributed by atoms with Crippen molar-refractivity contribution in [3.05, 3.63) is 59.9 Å². The second kappa shape index (κ2) is 6.15. The molecule has 0 aliphatic heterocycles. The van der Waals surface area contributed by atoms with Gasteiger partial charge in [-0.2, -0.15) is 0 Å². The van der Waals surface area contributed by atoms with Gasteiger partial charge in [-0.3, -0.25) is 9.10 Å². The number of nitrogens with zero attached hydrogens (tertiary/aromatic N) is 1. The van der Waals surface area contributed by atoms with E-state index in [1.807, 2.05) is 0 Å². The van der Waals surface area contributed by atoms with Crippen LogP contribution in [0.15, 0.2) is 53.4 Å². The molecule has 1 amide bonds. The maximum atomic E-state index is 13.8. The van der Waals surface area contributed by atoms with Crippen molar-refractivity contribution in [3.8, 4) is 0 Å². The summed E-state index contributed by atoms with van der Waals surface area (Å²) in [6, 6.07) is 11.2. The Kier molecular flexibility index (Phi) is 4.46. The third-order valence-electron chi connectivity index (χ3n) is 3.17. The van der Waals surface area contributed by atoms with Gasteiger partial charge in [0.05, 0.1) is 10.6 Å². The number of para-hydroxylation sites is 1. The second-order valence-electron chi connectivity index (χ2n) is 4.53. The summed E-state index contributed by atoms with van der Waals surface area (Å²) in [5, 5.41) is 2.42. The molecule has 0 aliphatic rings. The summed E-state index contributed by atoms with van der Waals surface area (Å²) in [6.07, 6.45) is 0. The number of halogens is 1. The van der Waals surface area contributed by atoms with E-state index in [0.717, 1.165) is 4.31 Å². The van der Waals surface area contributed by atoms with E-state index in [1.165, 1.54) is 56.6 Å². The van der Waals surface area contributed by atoms with Crippen molar-refractivity contribution < 1.29 is 17.6 Å². The summed E-state index contributed by atoms with van der Waals surface area (Å²) in [4.78, 5) is 11.5. The Balaban J connectivity index is 2.47. The lowest BCUT2D eigenvalue weighted by Crippen LogP contribution is -2.28. The van der Waals surface area contributed by atoms with Crippen molar-refractivity contribution >= 4 is 21.6 Å². The molecular weight excluding hydrogens is 307 g/mol. The van der Waals surface area contributed by atoms with Crippen LogP contribution < -0.4 is 9.62 Å². The van der Waals surface area contributed by atoms with Gasteiger partial charge in [0.25, 0.3) is 15.9 Å². The molecule has 0 saturated heterocycles. The highest BCUT2D eigenvalue weighted by atomic mass is 32.2. The van der Waals surface area contributed by atoms with Crippen LogP contribution in [-0.4, -0.2) is 28.4 Å². The number of carbonyl (C=O) groups is 1. The molecule has 0 fully saturated rings. The molecular formula is C15H15FN2O3S. The molecule has 0 saturated carbocycles. The van der Waals surface area contributed by atoms with Crippen LogP contribution in [0.1, 0.15) is 10.4 Å². The summed E-state index contributed by atoms with van der Waals surface area (Å²) in [5.41, 5.74) is 0.151. The molecule has 2 aromatic rings. The molecule has 0 bridgehead atoms. The van der Waals surface area contributed by atoms with Crippen LogP contribution in [0.25, 0.3) is 0 Å². The van der Waals surface area contributed by atoms with Gasteiger partial charge in [0.2, 0.25) is 0 Å². The molecule has 5 nitrogen and oxygen atoms in total. The minimum absolute atomic E-state index is 0.0622. The van der Waals surface area contributed by atoms with Gasteiger partial charge in [-0.05, 0) is 30.3 Å². The predicted molar refractivity (Wildman–Crippen MR) is 81.8 cm³/mol. The lowest BCUT2D eigenvalue weighted by Gasteiger charge is -2.20. The van der Waals surface area contributed by atoms with Crippen molar-refractivity contribution in [2.75, 3.05) is 18.4 Å². The molecule has 22 heavy (non-hydrogen) atoms. The zero-order chi connectivity index (χ0) is 16.3. The van der Waals surface area contributed by atoms with E-state index in [1.54, 1.807) is 6.07 Å². The maximum absolute atomic E-state index is 13.8. The molecule has 0 atom stereocenters. The van der Waals surface area contributed by atoms with Crippen LogP contribution in [0, 0.1) is 5.82 Å². The van der Waals surface area contributed by atoms with E-state index >= 15 is 0 Å². The van der Waals surface area contributed by atoms with Gasteiger partial charge in [-0.1, -0.05) is 18.2 Å². The minimum Gasteiger partial charge on any atom is -0.355 e. The van der Waals surface area contributed by atoms with Gasteiger partial charge < -0.3 is 5.32 Å². The molecule has 0 radical (unpaired) electrons. The highest BCUT2D eigenvalue weighted by Crippen LogP contribution is 2.24. The first-order chi connectivity index (χ1) is 10.4. The first-order valence-electron chi connectivity index (χ1n) is 6.43. The molecule has 0 aromatic heterocycles. The molecule has 0 unspecified atom stereocenters. The van der Waals surface area contributed by atoms with Gasteiger partial charge in [0, 0.05) is 19.7 Å². The number of rotatable bonds is 4. The van der Waals surface area contributed by atoms with E-state index < -0.39 is 21.7 Å². The quantitative estimate of drug-likeness (QED) is 0.936. The van der Waals surface area contributed by atoms with Crippen molar-refractivity contribution in [2.45, 2.75) is 4.90 Å². The Morgan fingerprint density at radius 2 is 1.82 bits per heavy atom. The van der Waals surface area contributed by atoms with Crippen molar-refractivity contribution in [1.29, 1.82) is 0 Å². The number of hydrogen-bond acceptors (Lipinski definition) is 3. The van der Waals surface area contributed by atoms with E-state index in [4.69, 9.17) is 0 Å². The molecule has 7 heteroatoms. The van der Waals surface area contributed by atoms with Gasteiger partial charge in [-0.15, -0.1) is 0 Å². The van der Waals surface area contributed by atoms with Gasteiger partial charge in [-0.25, -0.2) is 12.8 Å². The topological polar surface area (TPSA) is 66.5 Å². The first kappa shape index (κ1) is 16.0. The molecule has 0 heterocycles. The Bertz CT molecular complexity index is 806.